The van der Waals surface area contributed by atoms with E-state index in [2.05, 4.69) is 22.5 Å². The standard InChI is InChI=1S/C13H28N3/c1-2-3-7-14-8-5-4-6-11-16-12-9-15-10-13-16/h14H,2-13H2,1H3. The van der Waals surface area contributed by atoms with Crippen molar-refractivity contribution < 1.29 is 0 Å². The molecule has 0 saturated carbocycles. The summed E-state index contributed by atoms with van der Waals surface area (Å²) in [5.74, 6) is 0. The highest BCUT2D eigenvalue weighted by Crippen LogP contribution is 2.00. The van der Waals surface area contributed by atoms with Crippen LogP contribution in [0.15, 0.2) is 0 Å². The van der Waals surface area contributed by atoms with Gasteiger partial charge in [0.25, 0.3) is 0 Å². The second-order valence-corrected chi connectivity index (χ2v) is 4.68. The molecule has 0 aromatic rings. The zero-order valence-electron chi connectivity index (χ0n) is 10.9. The van der Waals surface area contributed by atoms with E-state index < -0.39 is 0 Å². The molecule has 3 nitrogen and oxygen atoms in total. The molecule has 95 valence electrons. The molecule has 0 unspecified atom stereocenters. The first-order valence-electron chi connectivity index (χ1n) is 7.00. The molecule has 0 bridgehead atoms. The van der Waals surface area contributed by atoms with Crippen molar-refractivity contribution in [2.75, 3.05) is 45.8 Å². The molecule has 1 saturated heterocycles. The Kier molecular flexibility index (Phi) is 8.77. The molecular formula is C13H28N3. The van der Waals surface area contributed by atoms with Gasteiger partial charge in [-0.05, 0) is 38.9 Å². The van der Waals surface area contributed by atoms with Crippen LogP contribution in [-0.2, 0) is 0 Å². The summed E-state index contributed by atoms with van der Waals surface area (Å²) in [6.07, 6.45) is 6.68. The van der Waals surface area contributed by atoms with Gasteiger partial charge in [0.1, 0.15) is 0 Å². The maximum absolute atomic E-state index is 4.36. The molecule has 0 spiro atoms. The van der Waals surface area contributed by atoms with E-state index in [1.165, 1.54) is 64.8 Å². The molecule has 1 rings (SSSR count). The van der Waals surface area contributed by atoms with E-state index in [1.807, 2.05) is 0 Å². The Morgan fingerprint density at radius 2 is 1.75 bits per heavy atom. The lowest BCUT2D eigenvalue weighted by molar-refractivity contribution is 0.233. The molecule has 1 aliphatic rings. The lowest BCUT2D eigenvalue weighted by atomic mass is 10.2. The number of hydrogen-bond acceptors (Lipinski definition) is 2. The first kappa shape index (κ1) is 13.9. The molecule has 1 N–H and O–H groups in total. The predicted octanol–water partition coefficient (Wildman–Crippen LogP) is 1.47. The summed E-state index contributed by atoms with van der Waals surface area (Å²) >= 11 is 0. The largest absolute Gasteiger partial charge is 0.317 e. The van der Waals surface area contributed by atoms with Gasteiger partial charge in [-0.1, -0.05) is 19.8 Å². The van der Waals surface area contributed by atoms with Crippen molar-refractivity contribution in [3.8, 4) is 0 Å². The second-order valence-electron chi connectivity index (χ2n) is 4.68. The summed E-state index contributed by atoms with van der Waals surface area (Å²) in [6.45, 7) is 10.4. The third-order valence-electron chi connectivity index (χ3n) is 3.18. The zero-order chi connectivity index (χ0) is 11.5. The van der Waals surface area contributed by atoms with E-state index in [9.17, 15) is 0 Å². The van der Waals surface area contributed by atoms with E-state index in [1.54, 1.807) is 0 Å². The van der Waals surface area contributed by atoms with Crippen LogP contribution in [0.2, 0.25) is 0 Å². The van der Waals surface area contributed by atoms with Gasteiger partial charge in [-0.25, -0.2) is 5.32 Å². The minimum absolute atomic E-state index is 1.05. The van der Waals surface area contributed by atoms with E-state index in [0.717, 1.165) is 13.1 Å². The van der Waals surface area contributed by atoms with Gasteiger partial charge in [-0.15, -0.1) is 0 Å². The van der Waals surface area contributed by atoms with Gasteiger partial charge in [0, 0.05) is 26.2 Å². The summed E-state index contributed by atoms with van der Waals surface area (Å²) in [4.78, 5) is 2.55. The second kappa shape index (κ2) is 10.1. The van der Waals surface area contributed by atoms with Crippen molar-refractivity contribution in [2.24, 2.45) is 0 Å². The highest BCUT2D eigenvalue weighted by Gasteiger charge is 2.08. The van der Waals surface area contributed by atoms with Crippen LogP contribution in [0.25, 0.3) is 0 Å². The number of unbranched alkanes of at least 4 members (excludes halogenated alkanes) is 3. The van der Waals surface area contributed by atoms with E-state index >= 15 is 0 Å². The Bertz CT molecular complexity index is 144. The monoisotopic (exact) mass is 226 g/mol. The number of nitrogens with zero attached hydrogens (tertiary/aromatic N) is 2. The van der Waals surface area contributed by atoms with Crippen LogP contribution in [0.5, 0.6) is 0 Å². The molecule has 0 aliphatic carbocycles. The number of hydrogen-bond donors (Lipinski definition) is 1. The maximum Gasteiger partial charge on any atom is 0.0261 e. The molecule has 0 aromatic heterocycles. The minimum Gasteiger partial charge on any atom is -0.317 e. The normalized spacial score (nSPS) is 17.8. The average molecular weight is 226 g/mol. The Morgan fingerprint density at radius 1 is 1.00 bits per heavy atom. The average Bonchev–Trinajstić information content (AvgIpc) is 2.34. The molecule has 16 heavy (non-hydrogen) atoms. The molecule has 0 amide bonds. The summed E-state index contributed by atoms with van der Waals surface area (Å²) in [7, 11) is 0. The summed E-state index contributed by atoms with van der Waals surface area (Å²) in [6, 6.07) is 0. The van der Waals surface area contributed by atoms with Gasteiger partial charge in [0.2, 0.25) is 0 Å². The molecule has 1 radical (unpaired) electrons. The van der Waals surface area contributed by atoms with E-state index in [0.29, 0.717) is 0 Å². The van der Waals surface area contributed by atoms with Crippen LogP contribution in [-0.4, -0.2) is 50.7 Å². The maximum atomic E-state index is 4.36. The van der Waals surface area contributed by atoms with Crippen molar-refractivity contribution in [3.63, 3.8) is 0 Å². The molecule has 3 heteroatoms. The van der Waals surface area contributed by atoms with Gasteiger partial charge in [0.05, 0.1) is 0 Å². The fourth-order valence-corrected chi connectivity index (χ4v) is 2.06. The predicted molar refractivity (Wildman–Crippen MR) is 69.9 cm³/mol. The van der Waals surface area contributed by atoms with Crippen molar-refractivity contribution in [1.82, 2.24) is 15.5 Å². The lowest BCUT2D eigenvalue weighted by Crippen LogP contribution is -2.40. The van der Waals surface area contributed by atoms with E-state index in [-0.39, 0.29) is 0 Å². The van der Waals surface area contributed by atoms with Crippen LogP contribution in [0.1, 0.15) is 39.0 Å². The first-order chi connectivity index (χ1) is 7.93. The van der Waals surface area contributed by atoms with Gasteiger partial charge in [-0.2, -0.15) is 0 Å². The summed E-state index contributed by atoms with van der Waals surface area (Å²) in [5, 5.41) is 7.86. The number of piperazine rings is 1. The Morgan fingerprint density at radius 3 is 2.50 bits per heavy atom. The van der Waals surface area contributed by atoms with Crippen LogP contribution in [0, 0.1) is 0 Å². The fraction of sp³-hybridized carbons (Fsp3) is 1.00. The smallest absolute Gasteiger partial charge is 0.0261 e. The molecule has 1 aliphatic heterocycles. The third kappa shape index (κ3) is 7.20. The first-order valence-corrected chi connectivity index (χ1v) is 7.00. The van der Waals surface area contributed by atoms with Crippen molar-refractivity contribution in [2.45, 2.75) is 39.0 Å². The van der Waals surface area contributed by atoms with Crippen molar-refractivity contribution in [1.29, 1.82) is 0 Å². The van der Waals surface area contributed by atoms with Crippen LogP contribution >= 0.6 is 0 Å². The number of nitrogens with one attached hydrogen (secondary N) is 1. The van der Waals surface area contributed by atoms with Crippen LogP contribution in [0.3, 0.4) is 0 Å². The fourth-order valence-electron chi connectivity index (χ4n) is 2.06. The molecule has 0 aromatic carbocycles. The summed E-state index contributed by atoms with van der Waals surface area (Å²) in [5.41, 5.74) is 0. The van der Waals surface area contributed by atoms with Gasteiger partial charge in [0.15, 0.2) is 0 Å². The Labute approximate surface area is 101 Å². The summed E-state index contributed by atoms with van der Waals surface area (Å²) < 4.78 is 0. The van der Waals surface area contributed by atoms with Gasteiger partial charge >= 0.3 is 0 Å². The minimum atomic E-state index is 1.05. The van der Waals surface area contributed by atoms with E-state index in [4.69, 9.17) is 0 Å². The van der Waals surface area contributed by atoms with Crippen LogP contribution < -0.4 is 10.6 Å². The molecule has 1 fully saturated rings. The quantitative estimate of drug-likeness (QED) is 0.603. The Balaban J connectivity index is 1.77. The van der Waals surface area contributed by atoms with Gasteiger partial charge < -0.3 is 10.2 Å². The van der Waals surface area contributed by atoms with Crippen molar-refractivity contribution in [3.05, 3.63) is 0 Å². The zero-order valence-corrected chi connectivity index (χ0v) is 10.9. The highest BCUT2D eigenvalue weighted by atomic mass is 15.2. The molecular weight excluding hydrogens is 198 g/mol. The Hall–Kier alpha value is -0.120. The third-order valence-corrected chi connectivity index (χ3v) is 3.18. The SMILES string of the molecule is CCCCNCCCCCN1CC[N]CC1. The molecule has 0 atom stereocenters. The topological polar surface area (TPSA) is 29.4 Å². The number of rotatable bonds is 9. The lowest BCUT2D eigenvalue weighted by Gasteiger charge is -2.26. The van der Waals surface area contributed by atoms with Crippen molar-refractivity contribution >= 4 is 0 Å². The van der Waals surface area contributed by atoms with Crippen LogP contribution in [0.4, 0.5) is 0 Å². The molecule has 1 heterocycles. The van der Waals surface area contributed by atoms with Gasteiger partial charge in [-0.3, -0.25) is 0 Å². The highest BCUT2D eigenvalue weighted by molar-refractivity contribution is 4.66.